The Balaban J connectivity index is 1.47. The van der Waals surface area contributed by atoms with Crippen LogP contribution in [-0.4, -0.2) is 52.5 Å². The number of rotatable bonds is 6. The van der Waals surface area contributed by atoms with Gasteiger partial charge in [-0.05, 0) is 56.4 Å². The van der Waals surface area contributed by atoms with Gasteiger partial charge in [-0.2, -0.15) is 0 Å². The van der Waals surface area contributed by atoms with Crippen molar-refractivity contribution in [2.24, 2.45) is 0 Å². The zero-order chi connectivity index (χ0) is 21.0. The molecule has 30 heavy (non-hydrogen) atoms. The molecular weight excluding hydrogens is 374 g/mol. The third-order valence-corrected chi connectivity index (χ3v) is 6.74. The van der Waals surface area contributed by atoms with Crippen molar-refractivity contribution >= 4 is 5.91 Å². The van der Waals surface area contributed by atoms with Gasteiger partial charge in [0.05, 0.1) is 0 Å². The summed E-state index contributed by atoms with van der Waals surface area (Å²) in [5.41, 5.74) is 2.29. The van der Waals surface area contributed by atoms with Crippen LogP contribution >= 0.6 is 0 Å². The van der Waals surface area contributed by atoms with Crippen molar-refractivity contribution in [1.82, 2.24) is 14.8 Å². The molecule has 5 nitrogen and oxygen atoms in total. The van der Waals surface area contributed by atoms with E-state index in [0.717, 1.165) is 57.7 Å². The SMILES string of the molecule is CCN(CC)C(=O)C[C@H]1CC2(CCN(Cc3cccnc3)CC2)Oc2ccccc21. The number of hydrogen-bond donors (Lipinski definition) is 0. The van der Waals surface area contributed by atoms with Crippen LogP contribution in [0, 0.1) is 0 Å². The lowest BCUT2D eigenvalue weighted by Gasteiger charge is -2.47. The molecule has 1 spiro atoms. The number of aromatic nitrogens is 1. The standard InChI is InChI=1S/C25H33N3O2/c1-3-28(4-2)24(29)16-21-17-25(30-23-10-6-5-9-22(21)23)11-14-27(15-12-25)19-20-8-7-13-26-18-20/h5-10,13,18,21H,3-4,11-12,14-17,19H2,1-2H3/t21-/m0/s1. The average molecular weight is 408 g/mol. The number of ether oxygens (including phenoxy) is 1. The van der Waals surface area contributed by atoms with Crippen molar-refractivity contribution in [1.29, 1.82) is 0 Å². The highest BCUT2D eigenvalue weighted by Crippen LogP contribution is 2.46. The van der Waals surface area contributed by atoms with Crippen LogP contribution < -0.4 is 4.74 Å². The van der Waals surface area contributed by atoms with Gasteiger partial charge in [-0.1, -0.05) is 24.3 Å². The zero-order valence-electron chi connectivity index (χ0n) is 18.2. The molecule has 0 radical (unpaired) electrons. The van der Waals surface area contributed by atoms with Gasteiger partial charge in [0.1, 0.15) is 11.4 Å². The third kappa shape index (κ3) is 4.51. The Morgan fingerprint density at radius 1 is 1.17 bits per heavy atom. The third-order valence-electron chi connectivity index (χ3n) is 6.74. The first-order chi connectivity index (χ1) is 14.6. The summed E-state index contributed by atoms with van der Waals surface area (Å²) in [5.74, 6) is 1.46. The minimum atomic E-state index is -0.159. The van der Waals surface area contributed by atoms with Gasteiger partial charge in [0, 0.05) is 57.5 Å². The Labute approximate surface area is 180 Å². The molecule has 1 amide bonds. The van der Waals surface area contributed by atoms with Crippen LogP contribution in [0.3, 0.4) is 0 Å². The van der Waals surface area contributed by atoms with Gasteiger partial charge in [0.15, 0.2) is 0 Å². The number of para-hydroxylation sites is 1. The fourth-order valence-electron chi connectivity index (χ4n) is 5.02. The molecule has 1 aromatic heterocycles. The minimum Gasteiger partial charge on any atom is -0.487 e. The number of carbonyl (C=O) groups excluding carboxylic acids is 1. The lowest BCUT2D eigenvalue weighted by molar-refractivity contribution is -0.131. The van der Waals surface area contributed by atoms with E-state index in [0.29, 0.717) is 6.42 Å². The van der Waals surface area contributed by atoms with E-state index in [1.165, 1.54) is 11.1 Å². The predicted molar refractivity (Wildman–Crippen MR) is 118 cm³/mol. The summed E-state index contributed by atoms with van der Waals surface area (Å²) in [6.45, 7) is 8.60. The molecule has 1 saturated heterocycles. The molecule has 1 atom stereocenters. The number of nitrogens with zero attached hydrogens (tertiary/aromatic N) is 3. The number of fused-ring (bicyclic) bond motifs is 1. The highest BCUT2D eigenvalue weighted by atomic mass is 16.5. The Morgan fingerprint density at radius 3 is 2.63 bits per heavy atom. The first-order valence-electron chi connectivity index (χ1n) is 11.3. The smallest absolute Gasteiger partial charge is 0.223 e. The molecule has 0 unspecified atom stereocenters. The fourth-order valence-corrected chi connectivity index (χ4v) is 5.02. The number of pyridine rings is 1. The van der Waals surface area contributed by atoms with E-state index in [1.807, 2.05) is 29.4 Å². The van der Waals surface area contributed by atoms with Crippen LogP contribution in [0.4, 0.5) is 0 Å². The molecule has 0 N–H and O–H groups in total. The Bertz CT molecular complexity index is 842. The van der Waals surface area contributed by atoms with E-state index >= 15 is 0 Å². The van der Waals surface area contributed by atoms with E-state index in [9.17, 15) is 4.79 Å². The first kappa shape index (κ1) is 20.9. The van der Waals surface area contributed by atoms with Crippen molar-refractivity contribution in [3.8, 4) is 5.75 Å². The van der Waals surface area contributed by atoms with Gasteiger partial charge in [0.2, 0.25) is 5.91 Å². The number of benzene rings is 1. The maximum absolute atomic E-state index is 12.9. The molecule has 1 fully saturated rings. The quantitative estimate of drug-likeness (QED) is 0.718. The van der Waals surface area contributed by atoms with Gasteiger partial charge in [-0.25, -0.2) is 0 Å². The van der Waals surface area contributed by atoms with Gasteiger partial charge < -0.3 is 9.64 Å². The number of piperidine rings is 1. The Kier molecular flexibility index (Phi) is 6.38. The molecule has 4 rings (SSSR count). The normalized spacial score (nSPS) is 20.4. The molecular formula is C25H33N3O2. The molecule has 0 aliphatic carbocycles. The number of hydrogen-bond acceptors (Lipinski definition) is 4. The highest BCUT2D eigenvalue weighted by Gasteiger charge is 2.43. The lowest BCUT2D eigenvalue weighted by Crippen LogP contribution is -2.50. The van der Waals surface area contributed by atoms with Crippen LogP contribution in [0.25, 0.3) is 0 Å². The summed E-state index contributed by atoms with van der Waals surface area (Å²) in [6.07, 6.45) is 7.27. The zero-order valence-corrected chi connectivity index (χ0v) is 18.2. The lowest BCUT2D eigenvalue weighted by atomic mass is 9.76. The van der Waals surface area contributed by atoms with E-state index in [1.54, 1.807) is 0 Å². The molecule has 0 bridgehead atoms. The maximum Gasteiger partial charge on any atom is 0.223 e. The molecule has 160 valence electrons. The van der Waals surface area contributed by atoms with Gasteiger partial charge in [0.25, 0.3) is 0 Å². The Morgan fingerprint density at radius 2 is 1.93 bits per heavy atom. The second kappa shape index (κ2) is 9.17. The van der Waals surface area contributed by atoms with Crippen LogP contribution in [-0.2, 0) is 11.3 Å². The van der Waals surface area contributed by atoms with Gasteiger partial charge in [-0.15, -0.1) is 0 Å². The number of carbonyl (C=O) groups is 1. The number of amides is 1. The van der Waals surface area contributed by atoms with Crippen molar-refractivity contribution in [2.75, 3.05) is 26.2 Å². The molecule has 2 aromatic rings. The van der Waals surface area contributed by atoms with Gasteiger partial charge in [-0.3, -0.25) is 14.7 Å². The predicted octanol–water partition coefficient (Wildman–Crippen LogP) is 4.24. The van der Waals surface area contributed by atoms with Crippen LogP contribution in [0.15, 0.2) is 48.8 Å². The molecule has 2 aliphatic heterocycles. The Hall–Kier alpha value is -2.40. The largest absolute Gasteiger partial charge is 0.487 e. The van der Waals surface area contributed by atoms with Crippen molar-refractivity contribution in [3.05, 3.63) is 59.9 Å². The van der Waals surface area contributed by atoms with Crippen molar-refractivity contribution < 1.29 is 9.53 Å². The van der Waals surface area contributed by atoms with Gasteiger partial charge >= 0.3 is 0 Å². The summed E-state index contributed by atoms with van der Waals surface area (Å²) in [4.78, 5) is 21.6. The molecule has 5 heteroatoms. The van der Waals surface area contributed by atoms with Crippen LogP contribution in [0.5, 0.6) is 5.75 Å². The second-order valence-electron chi connectivity index (χ2n) is 8.63. The van der Waals surface area contributed by atoms with Crippen LogP contribution in [0.2, 0.25) is 0 Å². The summed E-state index contributed by atoms with van der Waals surface area (Å²) < 4.78 is 6.62. The highest BCUT2D eigenvalue weighted by molar-refractivity contribution is 5.77. The van der Waals surface area contributed by atoms with Crippen molar-refractivity contribution in [2.45, 2.75) is 57.6 Å². The van der Waals surface area contributed by atoms with E-state index in [-0.39, 0.29) is 17.4 Å². The number of likely N-dealkylation sites (tertiary alicyclic amines) is 1. The summed E-state index contributed by atoms with van der Waals surface area (Å²) in [6, 6.07) is 12.5. The summed E-state index contributed by atoms with van der Waals surface area (Å²) >= 11 is 0. The molecule has 3 heterocycles. The second-order valence-corrected chi connectivity index (χ2v) is 8.63. The summed E-state index contributed by atoms with van der Waals surface area (Å²) in [7, 11) is 0. The topological polar surface area (TPSA) is 45.7 Å². The first-order valence-corrected chi connectivity index (χ1v) is 11.3. The molecule has 0 saturated carbocycles. The summed E-state index contributed by atoms with van der Waals surface area (Å²) in [5, 5.41) is 0. The van der Waals surface area contributed by atoms with Crippen LogP contribution in [0.1, 0.15) is 56.6 Å². The van der Waals surface area contributed by atoms with E-state index in [2.05, 4.69) is 48.0 Å². The minimum absolute atomic E-state index is 0.159. The average Bonchev–Trinajstić information content (AvgIpc) is 2.77. The molecule has 2 aliphatic rings. The van der Waals surface area contributed by atoms with E-state index < -0.39 is 0 Å². The van der Waals surface area contributed by atoms with E-state index in [4.69, 9.17) is 4.74 Å². The molecule has 1 aromatic carbocycles. The monoisotopic (exact) mass is 407 g/mol. The van der Waals surface area contributed by atoms with Crippen molar-refractivity contribution in [3.63, 3.8) is 0 Å². The maximum atomic E-state index is 12.9. The fraction of sp³-hybridized carbons (Fsp3) is 0.520.